The van der Waals surface area contributed by atoms with Crippen molar-refractivity contribution in [1.29, 1.82) is 0 Å². The van der Waals surface area contributed by atoms with E-state index in [0.29, 0.717) is 6.42 Å². The van der Waals surface area contributed by atoms with Crippen LogP contribution in [0.5, 0.6) is 0 Å². The summed E-state index contributed by atoms with van der Waals surface area (Å²) >= 11 is 1.62. The molecule has 1 aliphatic rings. The first-order valence-electron chi connectivity index (χ1n) is 7.62. The van der Waals surface area contributed by atoms with E-state index in [1.165, 1.54) is 0 Å². The predicted molar refractivity (Wildman–Crippen MR) is 94.2 cm³/mol. The number of halogens is 1. The maximum atomic E-state index is 14.7. The Hall–Kier alpha value is -2.26. The van der Waals surface area contributed by atoms with Crippen molar-refractivity contribution < 1.29 is 4.39 Å². The Morgan fingerprint density at radius 2 is 1.70 bits per heavy atom. The third kappa shape index (κ3) is 2.62. The lowest BCUT2D eigenvalue weighted by Crippen LogP contribution is -2.06. The van der Waals surface area contributed by atoms with Crippen LogP contribution in [0, 0.1) is 12.7 Å². The molecule has 3 aromatic rings. The molecule has 0 aromatic heterocycles. The van der Waals surface area contributed by atoms with Crippen LogP contribution in [-0.4, -0.2) is 0 Å². The van der Waals surface area contributed by atoms with E-state index < -0.39 is 0 Å². The lowest BCUT2D eigenvalue weighted by Gasteiger charge is -2.24. The Morgan fingerprint density at radius 1 is 0.957 bits per heavy atom. The SMILES string of the molecule is Cc1c(Cc2ccccc2)c(F)cc2c1Nc1ccccc1S2. The monoisotopic (exact) mass is 321 g/mol. The number of anilines is 2. The van der Waals surface area contributed by atoms with Crippen LogP contribution in [0.1, 0.15) is 16.7 Å². The molecule has 23 heavy (non-hydrogen) atoms. The van der Waals surface area contributed by atoms with Gasteiger partial charge in [-0.25, -0.2) is 4.39 Å². The molecule has 0 saturated heterocycles. The largest absolute Gasteiger partial charge is 0.353 e. The molecule has 1 heterocycles. The first-order valence-corrected chi connectivity index (χ1v) is 8.44. The van der Waals surface area contributed by atoms with E-state index in [9.17, 15) is 4.39 Å². The van der Waals surface area contributed by atoms with Crippen molar-refractivity contribution in [2.75, 3.05) is 5.32 Å². The average Bonchev–Trinajstić information content (AvgIpc) is 2.58. The predicted octanol–water partition coefficient (Wildman–Crippen LogP) is 5.93. The van der Waals surface area contributed by atoms with Gasteiger partial charge in [-0.05, 0) is 41.8 Å². The van der Waals surface area contributed by atoms with Gasteiger partial charge in [0, 0.05) is 16.2 Å². The van der Waals surface area contributed by atoms with Crippen LogP contribution in [-0.2, 0) is 6.42 Å². The third-order valence-electron chi connectivity index (χ3n) is 4.21. The lowest BCUT2D eigenvalue weighted by atomic mass is 9.98. The van der Waals surface area contributed by atoms with Crippen molar-refractivity contribution in [2.24, 2.45) is 0 Å². The zero-order chi connectivity index (χ0) is 15.8. The number of nitrogens with one attached hydrogen (secondary N) is 1. The zero-order valence-electron chi connectivity index (χ0n) is 12.8. The van der Waals surface area contributed by atoms with Crippen molar-refractivity contribution >= 4 is 23.1 Å². The molecule has 0 fully saturated rings. The van der Waals surface area contributed by atoms with Crippen molar-refractivity contribution in [3.05, 3.63) is 83.2 Å². The molecule has 1 aliphatic heterocycles. The molecule has 0 atom stereocenters. The minimum atomic E-state index is -0.126. The molecule has 1 nitrogen and oxygen atoms in total. The van der Waals surface area contributed by atoms with Gasteiger partial charge in [-0.1, -0.05) is 54.2 Å². The van der Waals surface area contributed by atoms with Crippen LogP contribution >= 0.6 is 11.8 Å². The smallest absolute Gasteiger partial charge is 0.128 e. The third-order valence-corrected chi connectivity index (χ3v) is 5.33. The molecule has 1 N–H and O–H groups in total. The summed E-state index contributed by atoms with van der Waals surface area (Å²) in [6.07, 6.45) is 0.611. The van der Waals surface area contributed by atoms with E-state index >= 15 is 0 Å². The number of benzene rings is 3. The topological polar surface area (TPSA) is 12.0 Å². The van der Waals surface area contributed by atoms with Gasteiger partial charge < -0.3 is 5.32 Å². The molecule has 0 radical (unpaired) electrons. The Labute approximate surface area is 139 Å². The fourth-order valence-corrected chi connectivity index (χ4v) is 4.04. The number of fused-ring (bicyclic) bond motifs is 2. The van der Waals surface area contributed by atoms with Crippen LogP contribution in [0.2, 0.25) is 0 Å². The Kier molecular flexibility index (Phi) is 3.58. The second-order valence-corrected chi connectivity index (χ2v) is 6.80. The first-order chi connectivity index (χ1) is 11.2. The standard InChI is InChI=1S/C20H16FNS/c1-13-15(11-14-7-3-2-4-8-14)16(21)12-19-20(13)22-17-9-5-6-10-18(17)23-19/h2-10,12,22H,11H2,1H3. The molecule has 3 heteroatoms. The lowest BCUT2D eigenvalue weighted by molar-refractivity contribution is 0.608. The van der Waals surface area contributed by atoms with Gasteiger partial charge in [-0.3, -0.25) is 0 Å². The second-order valence-electron chi connectivity index (χ2n) is 5.72. The summed E-state index contributed by atoms with van der Waals surface area (Å²) in [7, 11) is 0. The van der Waals surface area contributed by atoms with Gasteiger partial charge in [-0.2, -0.15) is 0 Å². The van der Waals surface area contributed by atoms with Crippen molar-refractivity contribution in [1.82, 2.24) is 0 Å². The number of hydrogen-bond donors (Lipinski definition) is 1. The Balaban J connectivity index is 1.77. The quantitative estimate of drug-likeness (QED) is 0.491. The molecule has 4 rings (SSSR count). The molecule has 114 valence electrons. The fraction of sp³-hybridized carbons (Fsp3) is 0.100. The van der Waals surface area contributed by atoms with Gasteiger partial charge in [0.15, 0.2) is 0 Å². The summed E-state index contributed by atoms with van der Waals surface area (Å²) < 4.78 is 14.7. The molecule has 0 spiro atoms. The average molecular weight is 321 g/mol. The van der Waals surface area contributed by atoms with E-state index in [1.54, 1.807) is 17.8 Å². The van der Waals surface area contributed by atoms with Gasteiger partial charge in [0.05, 0.1) is 11.4 Å². The minimum Gasteiger partial charge on any atom is -0.353 e. The molecule has 3 aromatic carbocycles. The number of rotatable bonds is 2. The fourth-order valence-electron chi connectivity index (χ4n) is 2.95. The molecule has 0 aliphatic carbocycles. The highest BCUT2D eigenvalue weighted by Gasteiger charge is 2.21. The van der Waals surface area contributed by atoms with Gasteiger partial charge in [-0.15, -0.1) is 0 Å². The summed E-state index contributed by atoms with van der Waals surface area (Å²) in [5.41, 5.74) is 5.00. The van der Waals surface area contributed by atoms with E-state index in [1.807, 2.05) is 49.4 Å². The second kappa shape index (κ2) is 5.74. The number of para-hydroxylation sites is 1. The maximum absolute atomic E-state index is 14.7. The van der Waals surface area contributed by atoms with Gasteiger partial charge >= 0.3 is 0 Å². The number of hydrogen-bond acceptors (Lipinski definition) is 2. The summed E-state index contributed by atoms with van der Waals surface area (Å²) in [5.74, 6) is -0.126. The van der Waals surface area contributed by atoms with Crippen LogP contribution in [0.25, 0.3) is 0 Å². The highest BCUT2D eigenvalue weighted by Crippen LogP contribution is 2.46. The van der Waals surface area contributed by atoms with Gasteiger partial charge in [0.1, 0.15) is 5.82 Å². The van der Waals surface area contributed by atoms with Crippen LogP contribution in [0.4, 0.5) is 15.8 Å². The highest BCUT2D eigenvalue weighted by atomic mass is 32.2. The van der Waals surface area contributed by atoms with Crippen molar-refractivity contribution in [2.45, 2.75) is 23.1 Å². The molecule has 0 bridgehead atoms. The van der Waals surface area contributed by atoms with Crippen molar-refractivity contribution in [3.63, 3.8) is 0 Å². The molecule has 0 saturated carbocycles. The summed E-state index contributed by atoms with van der Waals surface area (Å²) in [6, 6.07) is 19.8. The molecule has 0 amide bonds. The molecular weight excluding hydrogens is 305 g/mol. The minimum absolute atomic E-state index is 0.126. The first kappa shape index (κ1) is 14.3. The van der Waals surface area contributed by atoms with E-state index in [-0.39, 0.29) is 5.82 Å². The van der Waals surface area contributed by atoms with Gasteiger partial charge in [0.2, 0.25) is 0 Å². The van der Waals surface area contributed by atoms with E-state index in [2.05, 4.69) is 17.4 Å². The zero-order valence-corrected chi connectivity index (χ0v) is 13.6. The molecule has 0 unspecified atom stereocenters. The van der Waals surface area contributed by atoms with E-state index in [0.717, 1.165) is 37.9 Å². The van der Waals surface area contributed by atoms with Crippen LogP contribution in [0.15, 0.2) is 70.5 Å². The van der Waals surface area contributed by atoms with Crippen LogP contribution in [0.3, 0.4) is 0 Å². The van der Waals surface area contributed by atoms with Crippen molar-refractivity contribution in [3.8, 4) is 0 Å². The summed E-state index contributed by atoms with van der Waals surface area (Å²) in [4.78, 5) is 2.09. The van der Waals surface area contributed by atoms with Crippen LogP contribution < -0.4 is 5.32 Å². The van der Waals surface area contributed by atoms with E-state index in [4.69, 9.17) is 0 Å². The maximum Gasteiger partial charge on any atom is 0.128 e. The summed E-state index contributed by atoms with van der Waals surface area (Å²) in [5, 5.41) is 3.47. The summed E-state index contributed by atoms with van der Waals surface area (Å²) in [6.45, 7) is 2.00. The Bertz CT molecular complexity index is 868. The normalized spacial score (nSPS) is 12.3. The Morgan fingerprint density at radius 3 is 2.52 bits per heavy atom. The van der Waals surface area contributed by atoms with Gasteiger partial charge in [0.25, 0.3) is 0 Å². The highest BCUT2D eigenvalue weighted by molar-refractivity contribution is 7.99. The molecular formula is C20H16FNS.